The summed E-state index contributed by atoms with van der Waals surface area (Å²) in [5.41, 5.74) is 2.10. The van der Waals surface area contributed by atoms with Gasteiger partial charge >= 0.3 is 5.97 Å². The molecular formula is C24H41NO2. The van der Waals surface area contributed by atoms with E-state index in [1.807, 2.05) is 0 Å². The summed E-state index contributed by atoms with van der Waals surface area (Å²) in [6, 6.07) is 0. The SMILES string of the molecule is C=C1CCC2[C@H](CNC)C([C@@]3(C)CC[C@H](C)C[C@@H]3COC(C)=O)CC[C@]12C. The van der Waals surface area contributed by atoms with Gasteiger partial charge in [-0.3, -0.25) is 4.79 Å². The van der Waals surface area contributed by atoms with Crippen molar-refractivity contribution in [3.8, 4) is 0 Å². The summed E-state index contributed by atoms with van der Waals surface area (Å²) < 4.78 is 5.57. The van der Waals surface area contributed by atoms with Gasteiger partial charge < -0.3 is 10.1 Å². The van der Waals surface area contributed by atoms with Crippen LogP contribution in [0.1, 0.15) is 72.6 Å². The van der Waals surface area contributed by atoms with Crippen molar-refractivity contribution in [2.75, 3.05) is 20.2 Å². The average molecular weight is 376 g/mol. The molecule has 0 saturated heterocycles. The van der Waals surface area contributed by atoms with Gasteiger partial charge in [-0.05, 0) is 92.5 Å². The molecule has 0 heterocycles. The molecule has 0 aromatic carbocycles. The van der Waals surface area contributed by atoms with Crippen LogP contribution in [0.25, 0.3) is 0 Å². The third-order valence-electron chi connectivity index (χ3n) is 8.96. The van der Waals surface area contributed by atoms with E-state index in [4.69, 9.17) is 4.74 Å². The van der Waals surface area contributed by atoms with Crippen LogP contribution in [0.3, 0.4) is 0 Å². The van der Waals surface area contributed by atoms with Crippen molar-refractivity contribution >= 4 is 5.97 Å². The molecule has 3 nitrogen and oxygen atoms in total. The molecule has 0 bridgehead atoms. The van der Waals surface area contributed by atoms with Crippen LogP contribution in [0.15, 0.2) is 12.2 Å². The fourth-order valence-electron chi connectivity index (χ4n) is 7.13. The molecule has 3 aliphatic carbocycles. The van der Waals surface area contributed by atoms with Gasteiger partial charge in [-0.15, -0.1) is 0 Å². The second kappa shape index (κ2) is 7.89. The molecule has 0 amide bonds. The molecule has 3 saturated carbocycles. The van der Waals surface area contributed by atoms with Gasteiger partial charge in [0.2, 0.25) is 0 Å². The maximum Gasteiger partial charge on any atom is 0.302 e. The van der Waals surface area contributed by atoms with E-state index in [0.717, 1.165) is 18.4 Å². The van der Waals surface area contributed by atoms with Crippen LogP contribution in [0.4, 0.5) is 0 Å². The van der Waals surface area contributed by atoms with Crippen LogP contribution in [-0.4, -0.2) is 26.2 Å². The molecule has 3 aliphatic rings. The predicted molar refractivity (Wildman–Crippen MR) is 111 cm³/mol. The van der Waals surface area contributed by atoms with Crippen LogP contribution >= 0.6 is 0 Å². The van der Waals surface area contributed by atoms with E-state index in [9.17, 15) is 4.79 Å². The zero-order valence-corrected chi connectivity index (χ0v) is 18.3. The minimum absolute atomic E-state index is 0.134. The minimum atomic E-state index is -0.134. The summed E-state index contributed by atoms with van der Waals surface area (Å²) in [5, 5.41) is 3.53. The zero-order chi connectivity index (χ0) is 19.8. The molecule has 3 fully saturated rings. The van der Waals surface area contributed by atoms with Crippen LogP contribution in [0, 0.1) is 40.4 Å². The highest BCUT2D eigenvalue weighted by Crippen LogP contribution is 2.63. The van der Waals surface area contributed by atoms with E-state index >= 15 is 0 Å². The van der Waals surface area contributed by atoms with Gasteiger partial charge in [0, 0.05) is 6.92 Å². The molecule has 154 valence electrons. The van der Waals surface area contributed by atoms with Gasteiger partial charge in [-0.2, -0.15) is 0 Å². The van der Waals surface area contributed by atoms with Crippen LogP contribution in [0.2, 0.25) is 0 Å². The molecule has 3 heteroatoms. The normalized spacial score (nSPS) is 44.8. The molecule has 2 unspecified atom stereocenters. The third-order valence-corrected chi connectivity index (χ3v) is 8.96. The van der Waals surface area contributed by atoms with E-state index in [1.165, 1.54) is 50.5 Å². The zero-order valence-electron chi connectivity index (χ0n) is 18.3. The Morgan fingerprint density at radius 1 is 1.22 bits per heavy atom. The highest BCUT2D eigenvalue weighted by atomic mass is 16.5. The molecule has 0 spiro atoms. The van der Waals surface area contributed by atoms with E-state index < -0.39 is 0 Å². The fraction of sp³-hybridized carbons (Fsp3) is 0.875. The Bertz CT molecular complexity index is 573. The van der Waals surface area contributed by atoms with E-state index in [-0.39, 0.29) is 11.4 Å². The number of allylic oxidation sites excluding steroid dienone is 1. The Labute approximate surface area is 166 Å². The number of hydrogen-bond acceptors (Lipinski definition) is 3. The number of carbonyl (C=O) groups excluding carboxylic acids is 1. The van der Waals surface area contributed by atoms with Crippen molar-refractivity contribution in [2.24, 2.45) is 40.4 Å². The summed E-state index contributed by atoms with van der Waals surface area (Å²) >= 11 is 0. The lowest BCUT2D eigenvalue weighted by atomic mass is 9.49. The predicted octanol–water partition coefficient (Wildman–Crippen LogP) is 5.21. The van der Waals surface area contributed by atoms with Crippen molar-refractivity contribution < 1.29 is 9.53 Å². The molecule has 1 N–H and O–H groups in total. The summed E-state index contributed by atoms with van der Waals surface area (Å²) in [7, 11) is 2.11. The lowest BCUT2D eigenvalue weighted by Crippen LogP contribution is -2.52. The van der Waals surface area contributed by atoms with Crippen LogP contribution in [-0.2, 0) is 9.53 Å². The minimum Gasteiger partial charge on any atom is -0.466 e. The van der Waals surface area contributed by atoms with Gasteiger partial charge in [0.25, 0.3) is 0 Å². The maximum absolute atomic E-state index is 11.5. The second-order valence-corrected chi connectivity index (χ2v) is 10.4. The summed E-state index contributed by atoms with van der Waals surface area (Å²) in [4.78, 5) is 11.5. The first-order valence-corrected chi connectivity index (χ1v) is 11.2. The topological polar surface area (TPSA) is 38.3 Å². The first-order chi connectivity index (χ1) is 12.7. The van der Waals surface area contributed by atoms with Crippen molar-refractivity contribution in [3.63, 3.8) is 0 Å². The molecule has 0 aliphatic heterocycles. The molecule has 7 atom stereocenters. The van der Waals surface area contributed by atoms with Crippen LogP contribution in [0.5, 0.6) is 0 Å². The molecule has 0 aromatic rings. The first kappa shape index (κ1) is 20.9. The molecule has 3 rings (SSSR count). The van der Waals surface area contributed by atoms with Gasteiger partial charge in [0.1, 0.15) is 0 Å². The van der Waals surface area contributed by atoms with Crippen LogP contribution < -0.4 is 5.32 Å². The molecule has 27 heavy (non-hydrogen) atoms. The van der Waals surface area contributed by atoms with Gasteiger partial charge in [-0.1, -0.05) is 39.3 Å². The van der Waals surface area contributed by atoms with E-state index in [2.05, 4.69) is 39.7 Å². The highest BCUT2D eigenvalue weighted by Gasteiger charge is 2.56. The Morgan fingerprint density at radius 3 is 2.63 bits per heavy atom. The monoisotopic (exact) mass is 375 g/mol. The molecule has 0 aromatic heterocycles. The number of fused-ring (bicyclic) bond motifs is 1. The van der Waals surface area contributed by atoms with E-state index in [0.29, 0.717) is 29.8 Å². The smallest absolute Gasteiger partial charge is 0.302 e. The average Bonchev–Trinajstić information content (AvgIpc) is 2.92. The Morgan fingerprint density at radius 2 is 1.96 bits per heavy atom. The number of ether oxygens (including phenoxy) is 1. The van der Waals surface area contributed by atoms with Crippen molar-refractivity contribution in [2.45, 2.75) is 72.6 Å². The van der Waals surface area contributed by atoms with Crippen molar-refractivity contribution in [3.05, 3.63) is 12.2 Å². The van der Waals surface area contributed by atoms with Crippen molar-refractivity contribution in [1.29, 1.82) is 0 Å². The fourth-order valence-corrected chi connectivity index (χ4v) is 7.13. The third kappa shape index (κ3) is 3.73. The van der Waals surface area contributed by atoms with Crippen molar-refractivity contribution in [1.82, 2.24) is 5.32 Å². The number of esters is 1. The Balaban J connectivity index is 1.88. The number of carbonyl (C=O) groups is 1. The molecular weight excluding hydrogens is 334 g/mol. The number of hydrogen-bond donors (Lipinski definition) is 1. The van der Waals surface area contributed by atoms with Gasteiger partial charge in [-0.25, -0.2) is 0 Å². The van der Waals surface area contributed by atoms with Gasteiger partial charge in [0.05, 0.1) is 6.61 Å². The standard InChI is InChI=1S/C24H41NO2/c1-16-9-11-24(5,19(13-16)15-27-18(3)26)22-10-12-23(4)17(2)7-8-21(23)20(22)14-25-6/h16,19-22,25H,2,7-15H2,1,3-6H3/t16-,19+,20-,21?,22?,23+,24-/m0/s1. The van der Waals surface area contributed by atoms with E-state index in [1.54, 1.807) is 6.92 Å². The Hall–Kier alpha value is -0.830. The largest absolute Gasteiger partial charge is 0.466 e. The highest BCUT2D eigenvalue weighted by molar-refractivity contribution is 5.65. The summed E-state index contributed by atoms with van der Waals surface area (Å²) in [6.45, 7) is 15.1. The summed E-state index contributed by atoms with van der Waals surface area (Å²) in [5.74, 6) is 3.26. The number of nitrogens with one attached hydrogen (secondary N) is 1. The van der Waals surface area contributed by atoms with Gasteiger partial charge in [0.15, 0.2) is 0 Å². The molecule has 0 radical (unpaired) electrons. The Kier molecular flexibility index (Phi) is 6.11. The summed E-state index contributed by atoms with van der Waals surface area (Å²) in [6.07, 6.45) is 8.87. The lowest BCUT2D eigenvalue weighted by Gasteiger charge is -2.57. The number of rotatable bonds is 5. The first-order valence-electron chi connectivity index (χ1n) is 11.2. The quantitative estimate of drug-likeness (QED) is 0.529. The lowest BCUT2D eigenvalue weighted by molar-refractivity contribution is -0.148. The maximum atomic E-state index is 11.5. The second-order valence-electron chi connectivity index (χ2n) is 10.4.